The molecule has 4 rings (SSSR count). The van der Waals surface area contributed by atoms with Crippen molar-refractivity contribution in [3.8, 4) is 0 Å². The highest BCUT2D eigenvalue weighted by molar-refractivity contribution is 5.77. The third kappa shape index (κ3) is 4.27. The van der Waals surface area contributed by atoms with Crippen LogP contribution in [0.15, 0.2) is 53.3 Å². The number of halogens is 1. The van der Waals surface area contributed by atoms with E-state index in [2.05, 4.69) is 19.8 Å². The van der Waals surface area contributed by atoms with Crippen LogP contribution in [0.25, 0.3) is 10.9 Å². The first-order chi connectivity index (χ1) is 13.6. The van der Waals surface area contributed by atoms with Crippen LogP contribution in [-0.2, 0) is 6.54 Å². The second-order valence-electron chi connectivity index (χ2n) is 7.18. The highest BCUT2D eigenvalue weighted by Gasteiger charge is 2.21. The first-order valence-electron chi connectivity index (χ1n) is 9.45. The lowest BCUT2D eigenvalue weighted by Gasteiger charge is -2.35. The SMILES string of the molecule is O=c1[nH]c(CN2CCN(CC(O)c3cccc(F)c3)CC2)nc2ccccc12. The minimum absolute atomic E-state index is 0.113. The van der Waals surface area contributed by atoms with E-state index in [9.17, 15) is 14.3 Å². The summed E-state index contributed by atoms with van der Waals surface area (Å²) in [5.41, 5.74) is 1.19. The van der Waals surface area contributed by atoms with E-state index in [0.29, 0.717) is 35.4 Å². The summed E-state index contributed by atoms with van der Waals surface area (Å²) in [6.45, 7) is 4.27. The summed E-state index contributed by atoms with van der Waals surface area (Å²) >= 11 is 0. The van der Waals surface area contributed by atoms with Crippen molar-refractivity contribution in [3.63, 3.8) is 0 Å². The van der Waals surface area contributed by atoms with Crippen LogP contribution < -0.4 is 5.56 Å². The Morgan fingerprint density at radius 2 is 1.82 bits per heavy atom. The molecule has 1 aliphatic heterocycles. The molecule has 2 aromatic carbocycles. The average molecular weight is 382 g/mol. The molecule has 0 radical (unpaired) electrons. The van der Waals surface area contributed by atoms with E-state index >= 15 is 0 Å². The van der Waals surface area contributed by atoms with Gasteiger partial charge in [0.2, 0.25) is 0 Å². The molecule has 1 atom stereocenters. The Kier molecular flexibility index (Phi) is 5.47. The summed E-state index contributed by atoms with van der Waals surface area (Å²) < 4.78 is 13.3. The lowest BCUT2D eigenvalue weighted by atomic mass is 10.1. The zero-order chi connectivity index (χ0) is 19.5. The largest absolute Gasteiger partial charge is 0.387 e. The van der Waals surface area contributed by atoms with Gasteiger partial charge in [-0.2, -0.15) is 0 Å². The normalized spacial score (nSPS) is 17.1. The highest BCUT2D eigenvalue weighted by Crippen LogP contribution is 2.17. The summed E-state index contributed by atoms with van der Waals surface area (Å²) in [5, 5.41) is 11.0. The Morgan fingerprint density at radius 3 is 2.61 bits per heavy atom. The number of para-hydroxylation sites is 1. The minimum Gasteiger partial charge on any atom is -0.387 e. The molecule has 3 aromatic rings. The van der Waals surface area contributed by atoms with Gasteiger partial charge in [0.1, 0.15) is 11.6 Å². The third-order valence-electron chi connectivity index (χ3n) is 5.16. The molecule has 1 saturated heterocycles. The van der Waals surface area contributed by atoms with E-state index in [-0.39, 0.29) is 11.4 Å². The van der Waals surface area contributed by atoms with Crippen LogP contribution in [0.5, 0.6) is 0 Å². The van der Waals surface area contributed by atoms with Gasteiger partial charge in [0.05, 0.1) is 23.6 Å². The Balaban J connectivity index is 1.34. The van der Waals surface area contributed by atoms with Gasteiger partial charge < -0.3 is 10.1 Å². The molecule has 0 amide bonds. The second kappa shape index (κ2) is 8.18. The first-order valence-corrected chi connectivity index (χ1v) is 9.45. The van der Waals surface area contributed by atoms with Gasteiger partial charge in [0, 0.05) is 32.7 Å². The predicted octanol–water partition coefficient (Wildman–Crippen LogP) is 1.91. The number of aliphatic hydroxyl groups is 1. The summed E-state index contributed by atoms with van der Waals surface area (Å²) in [4.78, 5) is 24.0. The molecule has 0 spiro atoms. The molecule has 0 bridgehead atoms. The average Bonchev–Trinajstić information content (AvgIpc) is 2.69. The van der Waals surface area contributed by atoms with Crippen molar-refractivity contribution >= 4 is 10.9 Å². The molecule has 1 aromatic heterocycles. The van der Waals surface area contributed by atoms with Gasteiger partial charge in [0.25, 0.3) is 5.56 Å². The van der Waals surface area contributed by atoms with Crippen LogP contribution in [0.1, 0.15) is 17.5 Å². The number of rotatable bonds is 5. The topological polar surface area (TPSA) is 72.5 Å². The maximum absolute atomic E-state index is 13.3. The molecule has 146 valence electrons. The summed E-state index contributed by atoms with van der Waals surface area (Å²) in [7, 11) is 0. The fraction of sp³-hybridized carbons (Fsp3) is 0.333. The van der Waals surface area contributed by atoms with E-state index in [1.165, 1.54) is 12.1 Å². The number of hydrogen-bond donors (Lipinski definition) is 2. The Morgan fingerprint density at radius 1 is 1.07 bits per heavy atom. The molecule has 7 heteroatoms. The van der Waals surface area contributed by atoms with E-state index in [4.69, 9.17) is 0 Å². The first kappa shape index (κ1) is 18.7. The van der Waals surface area contributed by atoms with Crippen LogP contribution in [-0.4, -0.2) is 57.6 Å². The van der Waals surface area contributed by atoms with Crippen LogP contribution in [0.4, 0.5) is 4.39 Å². The van der Waals surface area contributed by atoms with Gasteiger partial charge in [-0.05, 0) is 29.8 Å². The van der Waals surface area contributed by atoms with Gasteiger partial charge in [-0.1, -0.05) is 24.3 Å². The molecule has 1 unspecified atom stereocenters. The molecule has 6 nitrogen and oxygen atoms in total. The van der Waals surface area contributed by atoms with Gasteiger partial charge in [-0.25, -0.2) is 9.37 Å². The van der Waals surface area contributed by atoms with Crippen molar-refractivity contribution in [2.24, 2.45) is 0 Å². The van der Waals surface area contributed by atoms with Gasteiger partial charge in [0.15, 0.2) is 0 Å². The third-order valence-corrected chi connectivity index (χ3v) is 5.16. The van der Waals surface area contributed by atoms with Crippen molar-refractivity contribution in [2.75, 3.05) is 32.7 Å². The van der Waals surface area contributed by atoms with E-state index in [1.54, 1.807) is 18.2 Å². The van der Waals surface area contributed by atoms with Gasteiger partial charge >= 0.3 is 0 Å². The molecule has 1 aliphatic rings. The lowest BCUT2D eigenvalue weighted by molar-refractivity contribution is 0.0691. The summed E-state index contributed by atoms with van der Waals surface area (Å²) in [6.07, 6.45) is -0.708. The number of nitrogens with one attached hydrogen (secondary N) is 1. The van der Waals surface area contributed by atoms with Crippen LogP contribution >= 0.6 is 0 Å². The molecule has 0 aliphatic carbocycles. The number of β-amino-alcohol motifs (C(OH)–C–C–N with tert-alkyl or cyclic N) is 1. The Labute approximate surface area is 162 Å². The highest BCUT2D eigenvalue weighted by atomic mass is 19.1. The maximum atomic E-state index is 13.3. The molecule has 1 fully saturated rings. The Hall–Kier alpha value is -2.61. The number of piperazine rings is 1. The number of hydrogen-bond acceptors (Lipinski definition) is 5. The number of nitrogens with zero attached hydrogens (tertiary/aromatic N) is 3. The maximum Gasteiger partial charge on any atom is 0.258 e. The number of fused-ring (bicyclic) bond motifs is 1. The van der Waals surface area contributed by atoms with Crippen LogP contribution in [0.3, 0.4) is 0 Å². The molecule has 2 N–H and O–H groups in total. The Bertz CT molecular complexity index is 1010. The lowest BCUT2D eigenvalue weighted by Crippen LogP contribution is -2.47. The van der Waals surface area contributed by atoms with Crippen molar-refractivity contribution in [1.29, 1.82) is 0 Å². The fourth-order valence-electron chi connectivity index (χ4n) is 3.62. The predicted molar refractivity (Wildman–Crippen MR) is 105 cm³/mol. The molecule has 2 heterocycles. The fourth-order valence-corrected chi connectivity index (χ4v) is 3.62. The smallest absolute Gasteiger partial charge is 0.258 e. The standard InChI is InChI=1S/C21H23FN4O2/c22-16-5-3-4-15(12-16)19(27)13-25-8-10-26(11-9-25)14-20-23-18-7-2-1-6-17(18)21(28)24-20/h1-7,12,19,27H,8-11,13-14H2,(H,23,24,28). The van der Waals surface area contributed by atoms with Crippen LogP contribution in [0, 0.1) is 5.82 Å². The van der Waals surface area contributed by atoms with E-state index in [1.807, 2.05) is 18.2 Å². The van der Waals surface area contributed by atoms with Crippen molar-refractivity contribution in [2.45, 2.75) is 12.6 Å². The zero-order valence-corrected chi connectivity index (χ0v) is 15.5. The van der Waals surface area contributed by atoms with Crippen molar-refractivity contribution in [1.82, 2.24) is 19.8 Å². The number of H-pyrrole nitrogens is 1. The van der Waals surface area contributed by atoms with Gasteiger partial charge in [-0.15, -0.1) is 0 Å². The molecule has 28 heavy (non-hydrogen) atoms. The van der Waals surface area contributed by atoms with Crippen LogP contribution in [0.2, 0.25) is 0 Å². The summed E-state index contributed by atoms with van der Waals surface area (Å²) in [6, 6.07) is 13.4. The number of aromatic nitrogens is 2. The molecular weight excluding hydrogens is 359 g/mol. The van der Waals surface area contributed by atoms with Crippen molar-refractivity contribution < 1.29 is 9.50 Å². The monoisotopic (exact) mass is 382 g/mol. The van der Waals surface area contributed by atoms with E-state index in [0.717, 1.165) is 26.2 Å². The minimum atomic E-state index is -0.708. The number of aromatic amines is 1. The number of aliphatic hydroxyl groups excluding tert-OH is 1. The van der Waals surface area contributed by atoms with Crippen molar-refractivity contribution in [3.05, 3.63) is 76.1 Å². The van der Waals surface area contributed by atoms with E-state index < -0.39 is 6.10 Å². The molecular formula is C21H23FN4O2. The summed E-state index contributed by atoms with van der Waals surface area (Å²) in [5.74, 6) is 0.329. The quantitative estimate of drug-likeness (QED) is 0.705. The van der Waals surface area contributed by atoms with Gasteiger partial charge in [-0.3, -0.25) is 14.6 Å². The zero-order valence-electron chi connectivity index (χ0n) is 15.5. The number of benzene rings is 2. The second-order valence-corrected chi connectivity index (χ2v) is 7.18. The molecule has 0 saturated carbocycles.